The van der Waals surface area contributed by atoms with Gasteiger partial charge in [-0.3, -0.25) is 25.1 Å². The monoisotopic (exact) mass is 460 g/mol. The van der Waals surface area contributed by atoms with Crippen LogP contribution < -0.4 is 10.7 Å². The average Bonchev–Trinajstić information content (AvgIpc) is 2.80. The molecule has 0 aromatic heterocycles. The zero-order valence-corrected chi connectivity index (χ0v) is 18.1. The van der Waals surface area contributed by atoms with E-state index in [1.165, 1.54) is 18.2 Å². The molecule has 0 bridgehead atoms. The molecule has 9 heteroatoms. The Bertz CT molecular complexity index is 1350. The van der Waals surface area contributed by atoms with Gasteiger partial charge in [0, 0.05) is 28.4 Å². The maximum absolute atomic E-state index is 13.2. The number of carbonyl (C=O) groups is 2. The van der Waals surface area contributed by atoms with Crippen LogP contribution in [-0.2, 0) is 9.59 Å². The van der Waals surface area contributed by atoms with Gasteiger partial charge in [0.05, 0.1) is 16.2 Å². The number of nitro groups is 1. The fraction of sp³-hybridized carbons (Fsp3) is 0.0417. The van der Waals surface area contributed by atoms with Crippen LogP contribution in [0.25, 0.3) is 6.08 Å². The first-order valence-corrected chi connectivity index (χ1v) is 10.2. The number of carbonyl (C=O) groups excluding carboxylic acids is 2. The Morgan fingerprint density at radius 2 is 1.79 bits per heavy atom. The third-order valence-electron chi connectivity index (χ3n) is 5.04. The third-order valence-corrected chi connectivity index (χ3v) is 5.29. The van der Waals surface area contributed by atoms with Crippen molar-refractivity contribution in [1.82, 2.24) is 0 Å². The average molecular weight is 461 g/mol. The highest BCUT2D eigenvalue weighted by Crippen LogP contribution is 2.26. The number of nitrogens with one attached hydrogen (secondary N) is 2. The van der Waals surface area contributed by atoms with Gasteiger partial charge in [0.1, 0.15) is 5.71 Å². The van der Waals surface area contributed by atoms with Gasteiger partial charge in [-0.1, -0.05) is 41.9 Å². The number of nitro benzene ring substituents is 1. The molecule has 2 N–H and O–H groups in total. The number of hydrogen-bond acceptors (Lipinski definition) is 6. The zero-order chi connectivity index (χ0) is 23.5. The summed E-state index contributed by atoms with van der Waals surface area (Å²) in [6.45, 7) is 1.76. The van der Waals surface area contributed by atoms with Crippen LogP contribution in [-0.4, -0.2) is 22.3 Å². The number of fused-ring (bicyclic) bond motifs is 1. The maximum atomic E-state index is 13.2. The number of hydrogen-bond donors (Lipinski definition) is 2. The summed E-state index contributed by atoms with van der Waals surface area (Å²) in [7, 11) is 0. The number of nitrogens with zero attached hydrogens (tertiary/aromatic N) is 2. The molecule has 3 aromatic carbocycles. The minimum atomic E-state index is -0.587. The van der Waals surface area contributed by atoms with Gasteiger partial charge < -0.3 is 5.32 Å². The molecule has 0 fully saturated rings. The van der Waals surface area contributed by atoms with Crippen molar-refractivity contribution in [3.63, 3.8) is 0 Å². The predicted octanol–water partition coefficient (Wildman–Crippen LogP) is 4.98. The van der Waals surface area contributed by atoms with Crippen LogP contribution in [0.1, 0.15) is 16.7 Å². The second kappa shape index (κ2) is 9.05. The molecule has 0 atom stereocenters. The van der Waals surface area contributed by atoms with Crippen molar-refractivity contribution in [2.24, 2.45) is 5.10 Å². The van der Waals surface area contributed by atoms with Gasteiger partial charge in [-0.05, 0) is 48.4 Å². The fourth-order valence-corrected chi connectivity index (χ4v) is 3.41. The van der Waals surface area contributed by atoms with Gasteiger partial charge in [-0.2, -0.15) is 5.10 Å². The molecule has 1 aliphatic rings. The number of ketones is 1. The molecular weight excluding hydrogens is 444 g/mol. The third kappa shape index (κ3) is 4.65. The first-order valence-electron chi connectivity index (χ1n) is 9.85. The van der Waals surface area contributed by atoms with E-state index in [0.29, 0.717) is 33.1 Å². The Morgan fingerprint density at radius 3 is 2.52 bits per heavy atom. The molecule has 3 aromatic rings. The second-order valence-electron chi connectivity index (χ2n) is 7.26. The normalized spacial score (nSPS) is 13.8. The first-order chi connectivity index (χ1) is 15.8. The van der Waals surface area contributed by atoms with Crippen LogP contribution in [0.2, 0.25) is 5.02 Å². The fourth-order valence-electron chi connectivity index (χ4n) is 3.28. The van der Waals surface area contributed by atoms with E-state index in [2.05, 4.69) is 15.8 Å². The molecule has 0 aliphatic heterocycles. The molecule has 0 unspecified atom stereocenters. The lowest BCUT2D eigenvalue weighted by Crippen LogP contribution is -2.30. The summed E-state index contributed by atoms with van der Waals surface area (Å²) in [6, 6.07) is 17.9. The minimum absolute atomic E-state index is 0.0280. The largest absolute Gasteiger partial charge is 0.322 e. The molecular formula is C24H17ClN4O4. The zero-order valence-electron chi connectivity index (χ0n) is 17.3. The van der Waals surface area contributed by atoms with Gasteiger partial charge in [-0.15, -0.1) is 0 Å². The van der Waals surface area contributed by atoms with E-state index in [1.54, 1.807) is 61.5 Å². The smallest absolute Gasteiger partial charge is 0.271 e. The van der Waals surface area contributed by atoms with Crippen molar-refractivity contribution in [3.05, 3.63) is 104 Å². The Labute approximate surface area is 193 Å². The Kier molecular flexibility index (Phi) is 6.01. The molecule has 164 valence electrons. The summed E-state index contributed by atoms with van der Waals surface area (Å²) in [5.74, 6) is -1.16. The van der Waals surface area contributed by atoms with E-state index in [0.717, 1.165) is 0 Å². The van der Waals surface area contributed by atoms with Crippen LogP contribution in [0.4, 0.5) is 17.1 Å². The van der Waals surface area contributed by atoms with Crippen molar-refractivity contribution in [2.75, 3.05) is 10.7 Å². The van der Waals surface area contributed by atoms with E-state index in [-0.39, 0.29) is 17.0 Å². The second-order valence-corrected chi connectivity index (χ2v) is 7.70. The lowest BCUT2D eigenvalue weighted by atomic mass is 9.89. The molecule has 0 saturated heterocycles. The Balaban J connectivity index is 1.68. The van der Waals surface area contributed by atoms with E-state index in [1.807, 2.05) is 0 Å². The summed E-state index contributed by atoms with van der Waals surface area (Å²) >= 11 is 5.88. The number of Topliss-reactive ketones (excluding diaryl/α,β-unsaturated/α-hetero) is 1. The number of amides is 1. The number of non-ortho nitro benzene ring substituents is 1. The standard InChI is InChI=1S/C24H17ClN4O4/c1-14-6-11-18(29(32)33)13-21(14)27-28-22-19-5-3-2-4-15(19)12-20(23(22)30)24(31)26-17-9-7-16(25)8-10-17/h2-13,27H,1H3,(H,26,31)/b28-22+. The highest BCUT2D eigenvalue weighted by molar-refractivity contribution is 6.59. The van der Waals surface area contributed by atoms with Crippen LogP contribution >= 0.6 is 11.6 Å². The van der Waals surface area contributed by atoms with E-state index in [9.17, 15) is 19.7 Å². The SMILES string of the molecule is Cc1ccc([N+](=O)[O-])cc1N/N=C1/C(=O)C(C(=O)Nc2ccc(Cl)cc2)=Cc2ccccc21. The van der Waals surface area contributed by atoms with Gasteiger partial charge in [0.15, 0.2) is 0 Å². The molecule has 0 spiro atoms. The van der Waals surface area contributed by atoms with Crippen LogP contribution in [0.15, 0.2) is 77.4 Å². The topological polar surface area (TPSA) is 114 Å². The van der Waals surface area contributed by atoms with Crippen molar-refractivity contribution < 1.29 is 14.5 Å². The number of anilines is 2. The molecule has 33 heavy (non-hydrogen) atoms. The number of halogens is 1. The van der Waals surface area contributed by atoms with Gasteiger partial charge in [0.2, 0.25) is 5.78 Å². The summed E-state index contributed by atoms with van der Waals surface area (Å²) in [5, 5.41) is 18.6. The minimum Gasteiger partial charge on any atom is -0.322 e. The van der Waals surface area contributed by atoms with Crippen LogP contribution in [0.5, 0.6) is 0 Å². The summed E-state index contributed by atoms with van der Waals surface area (Å²) in [5.41, 5.74) is 5.35. The van der Waals surface area contributed by atoms with Gasteiger partial charge >= 0.3 is 0 Å². The highest BCUT2D eigenvalue weighted by atomic mass is 35.5. The molecule has 0 heterocycles. The van der Waals surface area contributed by atoms with Crippen LogP contribution in [0.3, 0.4) is 0 Å². The quantitative estimate of drug-likeness (QED) is 0.316. The lowest BCUT2D eigenvalue weighted by Gasteiger charge is -2.17. The number of benzene rings is 3. The molecule has 1 amide bonds. The summed E-state index contributed by atoms with van der Waals surface area (Å²) in [6.07, 6.45) is 1.51. The van der Waals surface area contributed by atoms with Gasteiger partial charge in [0.25, 0.3) is 11.6 Å². The highest BCUT2D eigenvalue weighted by Gasteiger charge is 2.30. The van der Waals surface area contributed by atoms with E-state index in [4.69, 9.17) is 11.6 Å². The van der Waals surface area contributed by atoms with Crippen molar-refractivity contribution in [3.8, 4) is 0 Å². The number of hydrazone groups is 1. The number of rotatable bonds is 5. The predicted molar refractivity (Wildman–Crippen MR) is 128 cm³/mol. The molecule has 4 rings (SSSR count). The molecule has 8 nitrogen and oxygen atoms in total. The Morgan fingerprint density at radius 1 is 1.06 bits per heavy atom. The maximum Gasteiger partial charge on any atom is 0.271 e. The van der Waals surface area contributed by atoms with Crippen LogP contribution in [0, 0.1) is 17.0 Å². The summed E-state index contributed by atoms with van der Waals surface area (Å²) in [4.78, 5) is 36.7. The molecule has 0 radical (unpaired) electrons. The lowest BCUT2D eigenvalue weighted by molar-refractivity contribution is -0.384. The number of aryl methyl sites for hydroxylation is 1. The summed E-state index contributed by atoms with van der Waals surface area (Å²) < 4.78 is 0. The van der Waals surface area contributed by atoms with Crippen molar-refractivity contribution in [1.29, 1.82) is 0 Å². The van der Waals surface area contributed by atoms with Gasteiger partial charge in [-0.25, -0.2) is 0 Å². The van der Waals surface area contributed by atoms with E-state index < -0.39 is 16.6 Å². The first kappa shape index (κ1) is 21.9. The molecule has 0 saturated carbocycles. The van der Waals surface area contributed by atoms with E-state index >= 15 is 0 Å². The van der Waals surface area contributed by atoms with Crippen molar-refractivity contribution >= 4 is 52.1 Å². The van der Waals surface area contributed by atoms with Crippen molar-refractivity contribution in [2.45, 2.75) is 6.92 Å². The Hall–Kier alpha value is -4.30. The molecule has 1 aliphatic carbocycles.